The summed E-state index contributed by atoms with van der Waals surface area (Å²) in [6.07, 6.45) is 2.29. The minimum absolute atomic E-state index is 0.0423. The molecule has 0 spiro atoms. The fourth-order valence-corrected chi connectivity index (χ4v) is 3.24. The molecule has 0 saturated heterocycles. The number of aromatic amines is 1. The lowest BCUT2D eigenvalue weighted by atomic mass is 10.2. The zero-order valence-corrected chi connectivity index (χ0v) is 15.7. The first-order chi connectivity index (χ1) is 14.5. The van der Waals surface area contributed by atoms with Gasteiger partial charge in [0.2, 0.25) is 5.95 Å². The van der Waals surface area contributed by atoms with Gasteiger partial charge in [-0.15, -0.1) is 0 Å². The summed E-state index contributed by atoms with van der Waals surface area (Å²) in [5.41, 5.74) is 1.70. The van der Waals surface area contributed by atoms with Gasteiger partial charge in [-0.25, -0.2) is 18.2 Å². The number of rotatable bonds is 6. The second kappa shape index (κ2) is 7.33. The molecule has 0 amide bonds. The van der Waals surface area contributed by atoms with E-state index in [2.05, 4.69) is 30.8 Å². The first-order valence-corrected chi connectivity index (χ1v) is 9.52. The van der Waals surface area contributed by atoms with Crippen LogP contribution in [-0.2, 0) is 6.54 Å². The summed E-state index contributed by atoms with van der Waals surface area (Å²) in [6.45, 7) is 0.0423. The Morgan fingerprint density at radius 1 is 0.967 bits per heavy atom. The number of aromatic nitrogens is 4. The van der Waals surface area contributed by atoms with Crippen molar-refractivity contribution in [3.63, 3.8) is 0 Å². The van der Waals surface area contributed by atoms with E-state index in [1.165, 1.54) is 24.3 Å². The van der Waals surface area contributed by atoms with Crippen LogP contribution in [0.1, 0.15) is 30.0 Å². The summed E-state index contributed by atoms with van der Waals surface area (Å²) in [6, 6.07) is 9.49. The quantitative estimate of drug-likeness (QED) is 0.417. The molecular weight excluding hydrogens is 393 g/mol. The molecule has 1 aliphatic carbocycles. The van der Waals surface area contributed by atoms with Crippen LogP contribution in [-0.4, -0.2) is 20.2 Å². The molecule has 0 radical (unpaired) electrons. The van der Waals surface area contributed by atoms with Crippen LogP contribution >= 0.6 is 0 Å². The number of anilines is 3. The molecule has 0 bridgehead atoms. The largest absolute Gasteiger partial charge is 0.350 e. The predicted molar refractivity (Wildman–Crippen MR) is 107 cm³/mol. The maximum absolute atomic E-state index is 13.9. The minimum Gasteiger partial charge on any atom is -0.350 e. The molecule has 0 aliphatic heterocycles. The molecule has 1 aliphatic rings. The van der Waals surface area contributed by atoms with Crippen LogP contribution in [0.25, 0.3) is 10.9 Å². The summed E-state index contributed by atoms with van der Waals surface area (Å²) in [5, 5.41) is 14.0. The molecule has 1 saturated carbocycles. The average molecular weight is 410 g/mol. The average Bonchev–Trinajstić information content (AvgIpc) is 3.46. The monoisotopic (exact) mass is 410 g/mol. The third-order valence-electron chi connectivity index (χ3n) is 4.97. The number of hydrogen-bond donors (Lipinski definition) is 3. The van der Waals surface area contributed by atoms with Crippen molar-refractivity contribution in [2.75, 3.05) is 10.6 Å². The zero-order chi connectivity index (χ0) is 20.7. The van der Waals surface area contributed by atoms with Crippen LogP contribution in [0.2, 0.25) is 0 Å². The van der Waals surface area contributed by atoms with E-state index in [1.807, 2.05) is 6.07 Å². The smallest absolute Gasteiger partial charge is 0.225 e. The summed E-state index contributed by atoms with van der Waals surface area (Å²) in [5.74, 6) is -0.0166. The molecule has 6 nitrogen and oxygen atoms in total. The summed E-state index contributed by atoms with van der Waals surface area (Å²) < 4.78 is 40.8. The fourth-order valence-electron chi connectivity index (χ4n) is 3.24. The molecule has 30 heavy (non-hydrogen) atoms. The number of benzene rings is 2. The van der Waals surface area contributed by atoms with Crippen molar-refractivity contribution in [3.8, 4) is 0 Å². The molecule has 1 fully saturated rings. The normalized spacial score (nSPS) is 13.6. The van der Waals surface area contributed by atoms with Crippen molar-refractivity contribution in [1.29, 1.82) is 0 Å². The van der Waals surface area contributed by atoms with E-state index < -0.39 is 17.5 Å². The molecule has 4 aromatic rings. The zero-order valence-electron chi connectivity index (χ0n) is 15.7. The highest BCUT2D eigenvalue weighted by atomic mass is 19.1. The Morgan fingerprint density at radius 3 is 2.57 bits per heavy atom. The number of nitrogens with zero attached hydrogens (tertiary/aromatic N) is 3. The van der Waals surface area contributed by atoms with Crippen LogP contribution in [0.4, 0.5) is 30.8 Å². The lowest BCUT2D eigenvalue weighted by Crippen LogP contribution is -2.07. The molecule has 152 valence electrons. The van der Waals surface area contributed by atoms with Crippen molar-refractivity contribution in [2.45, 2.75) is 25.3 Å². The number of H-pyrrole nitrogens is 1. The summed E-state index contributed by atoms with van der Waals surface area (Å²) >= 11 is 0. The topological polar surface area (TPSA) is 78.5 Å². The van der Waals surface area contributed by atoms with Gasteiger partial charge in [0.1, 0.15) is 23.3 Å². The van der Waals surface area contributed by atoms with Crippen molar-refractivity contribution in [3.05, 3.63) is 71.2 Å². The Morgan fingerprint density at radius 2 is 1.77 bits per heavy atom. The first kappa shape index (κ1) is 18.4. The maximum atomic E-state index is 13.9. The molecule has 0 atom stereocenters. The second-order valence-electron chi connectivity index (χ2n) is 7.25. The van der Waals surface area contributed by atoms with Crippen LogP contribution in [0.3, 0.4) is 0 Å². The van der Waals surface area contributed by atoms with Crippen molar-refractivity contribution >= 4 is 28.5 Å². The van der Waals surface area contributed by atoms with Gasteiger partial charge in [0.25, 0.3) is 0 Å². The van der Waals surface area contributed by atoms with Crippen LogP contribution in [0.5, 0.6) is 0 Å². The second-order valence-corrected chi connectivity index (χ2v) is 7.25. The van der Waals surface area contributed by atoms with Gasteiger partial charge in [-0.3, -0.25) is 5.10 Å². The lowest BCUT2D eigenvalue weighted by Gasteiger charge is -2.11. The van der Waals surface area contributed by atoms with Gasteiger partial charge in [0.05, 0.1) is 5.52 Å². The summed E-state index contributed by atoms with van der Waals surface area (Å²) in [7, 11) is 0. The van der Waals surface area contributed by atoms with E-state index in [0.717, 1.165) is 24.6 Å². The molecule has 0 unspecified atom stereocenters. The SMILES string of the molecule is Fc1ccc(CNc2nc(Nc3cc(C4CC4)[nH]n3)c3ccc(F)cc3n2)c(F)c1. The Bertz CT molecular complexity index is 1230. The first-order valence-electron chi connectivity index (χ1n) is 9.52. The van der Waals surface area contributed by atoms with Crippen LogP contribution in [0, 0.1) is 17.5 Å². The van der Waals surface area contributed by atoms with Gasteiger partial charge < -0.3 is 10.6 Å². The Kier molecular flexibility index (Phi) is 4.50. The number of nitrogens with one attached hydrogen (secondary N) is 3. The molecule has 2 aromatic heterocycles. The Labute approximate surface area is 169 Å². The third kappa shape index (κ3) is 3.78. The lowest BCUT2D eigenvalue weighted by molar-refractivity contribution is 0.574. The van der Waals surface area contributed by atoms with E-state index in [9.17, 15) is 13.2 Å². The van der Waals surface area contributed by atoms with E-state index in [1.54, 1.807) is 6.07 Å². The molecule has 2 heterocycles. The summed E-state index contributed by atoms with van der Waals surface area (Å²) in [4.78, 5) is 8.77. The third-order valence-corrected chi connectivity index (χ3v) is 4.97. The van der Waals surface area contributed by atoms with Crippen molar-refractivity contribution in [2.24, 2.45) is 0 Å². The van der Waals surface area contributed by atoms with Gasteiger partial charge in [0, 0.05) is 47.3 Å². The van der Waals surface area contributed by atoms with Gasteiger partial charge in [-0.1, -0.05) is 6.07 Å². The minimum atomic E-state index is -0.670. The molecule has 3 N–H and O–H groups in total. The molecule has 2 aromatic carbocycles. The molecule has 9 heteroatoms. The fraction of sp³-hybridized carbons (Fsp3) is 0.190. The van der Waals surface area contributed by atoms with Gasteiger partial charge >= 0.3 is 0 Å². The maximum Gasteiger partial charge on any atom is 0.225 e. The Balaban J connectivity index is 1.45. The molecular formula is C21H17F3N6. The highest BCUT2D eigenvalue weighted by molar-refractivity contribution is 5.91. The molecule has 5 rings (SSSR count). The highest BCUT2D eigenvalue weighted by Crippen LogP contribution is 2.39. The predicted octanol–water partition coefficient (Wildman–Crippen LogP) is 5.00. The van der Waals surface area contributed by atoms with Crippen molar-refractivity contribution in [1.82, 2.24) is 20.2 Å². The van der Waals surface area contributed by atoms with Crippen LogP contribution < -0.4 is 10.6 Å². The van der Waals surface area contributed by atoms with E-state index in [0.29, 0.717) is 28.5 Å². The van der Waals surface area contributed by atoms with E-state index >= 15 is 0 Å². The highest BCUT2D eigenvalue weighted by Gasteiger charge is 2.25. The number of halogens is 3. The Hall–Kier alpha value is -3.62. The van der Waals surface area contributed by atoms with Gasteiger partial charge in [-0.2, -0.15) is 10.1 Å². The van der Waals surface area contributed by atoms with Crippen LogP contribution in [0.15, 0.2) is 42.5 Å². The number of fused-ring (bicyclic) bond motifs is 1. The van der Waals surface area contributed by atoms with Crippen molar-refractivity contribution < 1.29 is 13.2 Å². The van der Waals surface area contributed by atoms with E-state index in [-0.39, 0.29) is 18.1 Å². The van der Waals surface area contributed by atoms with E-state index in [4.69, 9.17) is 0 Å². The standard InChI is InChI=1S/C21H17F3N6/c22-13-4-3-12(16(24)7-13)10-25-21-26-18-8-14(23)5-6-15(18)20(28-21)27-19-9-17(29-30-19)11-1-2-11/h3-9,11H,1-2,10H2,(H3,25,26,27,28,29,30). The van der Waals surface area contributed by atoms with Gasteiger partial charge in [0.15, 0.2) is 5.82 Å². The van der Waals surface area contributed by atoms with Gasteiger partial charge in [-0.05, 0) is 31.0 Å². The number of hydrogen-bond acceptors (Lipinski definition) is 5.